The van der Waals surface area contributed by atoms with E-state index in [1.165, 1.54) is 25.7 Å². The summed E-state index contributed by atoms with van der Waals surface area (Å²) >= 11 is 0. The van der Waals surface area contributed by atoms with Gasteiger partial charge in [0.2, 0.25) is 0 Å². The Morgan fingerprint density at radius 2 is 0.873 bits per heavy atom. The summed E-state index contributed by atoms with van der Waals surface area (Å²) in [5, 5.41) is 8.92. The average Bonchev–Trinajstić information content (AvgIpc) is 3.26. The number of rotatable bonds is 44. The van der Waals surface area contributed by atoms with Crippen molar-refractivity contribution < 1.29 is 42.7 Å². The summed E-state index contributed by atoms with van der Waals surface area (Å²) in [5.41, 5.74) is 5.37. The lowest BCUT2D eigenvalue weighted by Crippen LogP contribution is -2.34. The highest BCUT2D eigenvalue weighted by Crippen LogP contribution is 2.43. The van der Waals surface area contributed by atoms with Gasteiger partial charge >= 0.3 is 19.8 Å². The number of carboxylic acids is 1. The van der Waals surface area contributed by atoms with Crippen LogP contribution in [0.1, 0.15) is 168 Å². The number of aliphatic carboxylic acids is 1. The second kappa shape index (κ2) is 46.6. The molecule has 10 nitrogen and oxygen atoms in total. The van der Waals surface area contributed by atoms with Crippen LogP contribution in [0.4, 0.5) is 0 Å². The molecule has 0 heterocycles. The first-order chi connectivity index (χ1) is 30.7. The summed E-state index contributed by atoms with van der Waals surface area (Å²) in [7, 11) is -4.64. The Morgan fingerprint density at radius 3 is 1.30 bits per heavy atom. The molecule has 63 heavy (non-hydrogen) atoms. The first-order valence-electron chi connectivity index (χ1n) is 23.9. The number of carboxylic acid groups (broad SMARTS) is 1. The van der Waals surface area contributed by atoms with E-state index in [2.05, 4.69) is 123 Å². The fraction of sp³-hybridized carbons (Fsp3) is 0.615. The Hall–Kier alpha value is -3.37. The van der Waals surface area contributed by atoms with Crippen molar-refractivity contribution >= 4 is 19.8 Å². The predicted octanol–water partition coefficient (Wildman–Crippen LogP) is 13.9. The van der Waals surface area contributed by atoms with Gasteiger partial charge in [-0.15, -0.1) is 0 Å². The maximum Gasteiger partial charge on any atom is 0.472 e. The van der Waals surface area contributed by atoms with Crippen LogP contribution in [0.2, 0.25) is 0 Å². The van der Waals surface area contributed by atoms with E-state index in [-0.39, 0.29) is 13.0 Å². The van der Waals surface area contributed by atoms with Crippen molar-refractivity contribution in [2.45, 2.75) is 180 Å². The molecule has 0 aromatic rings. The van der Waals surface area contributed by atoms with E-state index in [0.717, 1.165) is 116 Å². The molecular weight excluding hydrogens is 814 g/mol. The average molecular weight is 900 g/mol. The van der Waals surface area contributed by atoms with E-state index in [4.69, 9.17) is 29.4 Å². The number of nitrogens with two attached hydrogens (primary N) is 1. The SMILES string of the molecule is CC/C=C\C/C=C\C/C=C\C/C=C\C/C=C\CCCCCCOCC(COP(=O)(O)OCC(N)C(=O)O)OC(=O)CCCCCCCCCC/C=C\C/C=C\C/C=C\C/C=C\CC. The van der Waals surface area contributed by atoms with E-state index < -0.39 is 45.1 Å². The number of hydrogen-bond donors (Lipinski definition) is 3. The fourth-order valence-corrected chi connectivity index (χ4v) is 6.69. The lowest BCUT2D eigenvalue weighted by Gasteiger charge is -2.20. The second-order valence-electron chi connectivity index (χ2n) is 15.5. The number of allylic oxidation sites excluding steroid dienone is 18. The molecule has 0 saturated heterocycles. The molecule has 0 aliphatic heterocycles. The van der Waals surface area contributed by atoms with Crippen LogP contribution in [0.3, 0.4) is 0 Å². The molecule has 4 N–H and O–H groups in total. The second-order valence-corrected chi connectivity index (χ2v) is 16.9. The number of phosphoric acid groups is 1. The molecule has 0 aliphatic carbocycles. The Kier molecular flexibility index (Phi) is 44.1. The van der Waals surface area contributed by atoms with Gasteiger partial charge in [0.05, 0.1) is 19.8 Å². The van der Waals surface area contributed by atoms with Crippen LogP contribution >= 0.6 is 7.82 Å². The molecule has 0 amide bonds. The largest absolute Gasteiger partial charge is 0.480 e. The summed E-state index contributed by atoms with van der Waals surface area (Å²) in [6.07, 6.45) is 62.8. The highest BCUT2D eigenvalue weighted by Gasteiger charge is 2.27. The molecule has 3 unspecified atom stereocenters. The third-order valence-electron chi connectivity index (χ3n) is 9.55. The summed E-state index contributed by atoms with van der Waals surface area (Å²) in [4.78, 5) is 33.7. The molecule has 0 spiro atoms. The van der Waals surface area contributed by atoms with Gasteiger partial charge in [-0.2, -0.15) is 0 Å². The van der Waals surface area contributed by atoms with E-state index in [9.17, 15) is 19.0 Å². The van der Waals surface area contributed by atoms with Crippen LogP contribution < -0.4 is 5.73 Å². The van der Waals surface area contributed by atoms with Gasteiger partial charge in [0.25, 0.3) is 0 Å². The van der Waals surface area contributed by atoms with Gasteiger partial charge in [0.1, 0.15) is 12.1 Å². The fourth-order valence-electron chi connectivity index (χ4n) is 5.91. The predicted molar refractivity (Wildman–Crippen MR) is 262 cm³/mol. The third kappa shape index (κ3) is 46.4. The third-order valence-corrected chi connectivity index (χ3v) is 10.5. The maximum absolute atomic E-state index is 12.7. The van der Waals surface area contributed by atoms with Gasteiger partial charge in [-0.05, 0) is 96.3 Å². The Labute approximate surface area is 382 Å². The molecule has 3 atom stereocenters. The van der Waals surface area contributed by atoms with Crippen LogP contribution in [-0.4, -0.2) is 60.5 Å². The van der Waals surface area contributed by atoms with Crippen LogP contribution in [0.25, 0.3) is 0 Å². The summed E-state index contributed by atoms with van der Waals surface area (Å²) in [6, 6.07) is -1.49. The minimum Gasteiger partial charge on any atom is -0.480 e. The number of hydrogen-bond acceptors (Lipinski definition) is 8. The van der Waals surface area contributed by atoms with Crippen LogP contribution in [0, 0.1) is 0 Å². The number of ether oxygens (including phenoxy) is 2. The van der Waals surface area contributed by atoms with Gasteiger partial charge in [0, 0.05) is 13.0 Å². The van der Waals surface area contributed by atoms with E-state index in [1.807, 2.05) is 0 Å². The Bertz CT molecular complexity index is 1410. The monoisotopic (exact) mass is 900 g/mol. The summed E-state index contributed by atoms with van der Waals surface area (Å²) in [6.45, 7) is 3.57. The maximum atomic E-state index is 12.7. The first-order valence-corrected chi connectivity index (χ1v) is 25.4. The van der Waals surface area contributed by atoms with E-state index in [1.54, 1.807) is 0 Å². The van der Waals surface area contributed by atoms with Crippen molar-refractivity contribution in [1.29, 1.82) is 0 Å². The van der Waals surface area contributed by atoms with Crippen molar-refractivity contribution in [3.8, 4) is 0 Å². The molecule has 0 saturated carbocycles. The topological polar surface area (TPSA) is 155 Å². The van der Waals surface area contributed by atoms with Gasteiger partial charge in [0.15, 0.2) is 0 Å². The van der Waals surface area contributed by atoms with Crippen molar-refractivity contribution in [3.05, 3.63) is 109 Å². The van der Waals surface area contributed by atoms with Crippen molar-refractivity contribution in [2.75, 3.05) is 26.4 Å². The van der Waals surface area contributed by atoms with Gasteiger partial charge in [-0.3, -0.25) is 18.6 Å². The summed E-state index contributed by atoms with van der Waals surface area (Å²) in [5.74, 6) is -1.81. The zero-order valence-corrected chi connectivity index (χ0v) is 40.0. The van der Waals surface area contributed by atoms with Gasteiger partial charge in [-0.1, -0.05) is 175 Å². The summed E-state index contributed by atoms with van der Waals surface area (Å²) < 4.78 is 33.4. The number of carbonyl (C=O) groups excluding carboxylic acids is 1. The molecule has 11 heteroatoms. The molecule has 0 fully saturated rings. The highest BCUT2D eigenvalue weighted by molar-refractivity contribution is 7.47. The minimum absolute atomic E-state index is 0.0112. The van der Waals surface area contributed by atoms with Crippen LogP contribution in [-0.2, 0) is 32.7 Å². The standard InChI is InChI=1S/C52H86NO9P/c1-3-5-7-9-11-13-15-17-19-21-23-25-26-28-30-32-34-36-38-40-42-44-51(54)62-49(47-60-63(57,58)61-48-50(53)52(55)56)46-59-45-43-41-39-37-35-33-31-29-27-24-22-20-18-16-14-12-10-8-6-4-2/h5-8,11-14,17-20,23-25,27,31,33,49-50H,3-4,9-10,15-16,21-22,26,28-30,32,34-48,53H2,1-2H3,(H,55,56)(H,57,58)/b7-5-,8-6-,13-11-,14-12-,19-17-,20-18-,25-23-,27-24-,33-31-. The number of unbranched alkanes of at least 4 members (excludes halogenated alkanes) is 12. The zero-order chi connectivity index (χ0) is 46.2. The van der Waals surface area contributed by atoms with Crippen molar-refractivity contribution in [3.63, 3.8) is 0 Å². The van der Waals surface area contributed by atoms with Crippen molar-refractivity contribution in [2.24, 2.45) is 5.73 Å². The molecule has 0 bridgehead atoms. The van der Waals surface area contributed by atoms with E-state index >= 15 is 0 Å². The molecule has 0 radical (unpaired) electrons. The Morgan fingerprint density at radius 1 is 0.508 bits per heavy atom. The van der Waals surface area contributed by atoms with Gasteiger partial charge < -0.3 is 25.2 Å². The smallest absolute Gasteiger partial charge is 0.472 e. The first kappa shape index (κ1) is 59.6. The lowest BCUT2D eigenvalue weighted by molar-refractivity contribution is -0.154. The molecule has 0 aliphatic rings. The molecular formula is C52H86NO9P. The normalized spacial score (nSPS) is 14.7. The number of esters is 1. The van der Waals surface area contributed by atoms with Crippen molar-refractivity contribution in [1.82, 2.24) is 0 Å². The van der Waals surface area contributed by atoms with Crippen LogP contribution in [0.15, 0.2) is 109 Å². The van der Waals surface area contributed by atoms with Crippen LogP contribution in [0.5, 0.6) is 0 Å². The Balaban J connectivity index is 4.28. The van der Waals surface area contributed by atoms with Gasteiger partial charge in [-0.25, -0.2) is 4.57 Å². The zero-order valence-electron chi connectivity index (χ0n) is 39.1. The number of carbonyl (C=O) groups is 2. The quantitative estimate of drug-likeness (QED) is 0.0233. The molecule has 0 aromatic carbocycles. The highest BCUT2D eigenvalue weighted by atomic mass is 31.2. The lowest BCUT2D eigenvalue weighted by atomic mass is 10.1. The molecule has 358 valence electrons. The minimum atomic E-state index is -4.64. The number of phosphoric ester groups is 1. The van der Waals surface area contributed by atoms with E-state index in [0.29, 0.717) is 13.0 Å². The molecule has 0 aromatic heterocycles. The molecule has 0 rings (SSSR count).